The lowest BCUT2D eigenvalue weighted by Gasteiger charge is -2.14. The van der Waals surface area contributed by atoms with Crippen LogP contribution in [0.25, 0.3) is 0 Å². The molecule has 2 aromatic rings. The van der Waals surface area contributed by atoms with E-state index in [4.69, 9.17) is 5.73 Å². The molecule has 88 valence electrons. The van der Waals surface area contributed by atoms with Crippen LogP contribution in [0, 0.1) is 20.8 Å². The van der Waals surface area contributed by atoms with Gasteiger partial charge in [-0.3, -0.25) is 0 Å². The Morgan fingerprint density at radius 3 is 2.18 bits per heavy atom. The molecule has 0 amide bonds. The highest BCUT2D eigenvalue weighted by atomic mass is 14.6. The fourth-order valence-corrected chi connectivity index (χ4v) is 2.14. The number of anilines is 1. The van der Waals surface area contributed by atoms with Crippen molar-refractivity contribution in [2.24, 2.45) is 0 Å². The smallest absolute Gasteiger partial charge is 0.0349 e. The third-order valence-electron chi connectivity index (χ3n) is 3.61. The second-order valence-electron chi connectivity index (χ2n) is 4.66. The zero-order valence-electron chi connectivity index (χ0n) is 10.7. The number of hydrogen-bond donors (Lipinski definition) is 1. The van der Waals surface area contributed by atoms with Crippen LogP contribution in [0.4, 0.5) is 5.69 Å². The van der Waals surface area contributed by atoms with Crippen molar-refractivity contribution in [1.82, 2.24) is 0 Å². The summed E-state index contributed by atoms with van der Waals surface area (Å²) in [5.74, 6) is 0. The first-order valence-corrected chi connectivity index (χ1v) is 5.98. The maximum atomic E-state index is 6.04. The first kappa shape index (κ1) is 11.7. The van der Waals surface area contributed by atoms with Gasteiger partial charge in [0.2, 0.25) is 0 Å². The summed E-state index contributed by atoms with van der Waals surface area (Å²) >= 11 is 0. The fourth-order valence-electron chi connectivity index (χ4n) is 2.14. The van der Waals surface area contributed by atoms with Gasteiger partial charge in [0.05, 0.1) is 0 Å². The fraction of sp³-hybridized carbons (Fsp3) is 0.250. The lowest BCUT2D eigenvalue weighted by atomic mass is 9.93. The summed E-state index contributed by atoms with van der Waals surface area (Å²) in [6.45, 7) is 6.42. The monoisotopic (exact) mass is 225 g/mol. The predicted octanol–water partition coefficient (Wildman–Crippen LogP) is 3.78. The maximum Gasteiger partial charge on any atom is 0.0349 e. The molecule has 0 saturated carbocycles. The summed E-state index contributed by atoms with van der Waals surface area (Å²) in [6, 6.07) is 12.6. The van der Waals surface area contributed by atoms with Crippen molar-refractivity contribution in [3.63, 3.8) is 0 Å². The van der Waals surface area contributed by atoms with Crippen LogP contribution in [-0.4, -0.2) is 0 Å². The van der Waals surface area contributed by atoms with Crippen molar-refractivity contribution in [2.75, 3.05) is 5.73 Å². The van der Waals surface area contributed by atoms with Crippen LogP contribution in [0.2, 0.25) is 0 Å². The molecule has 0 heterocycles. The average Bonchev–Trinajstić information content (AvgIpc) is 2.35. The number of nitrogens with two attached hydrogens (primary N) is 1. The van der Waals surface area contributed by atoms with Crippen molar-refractivity contribution < 1.29 is 0 Å². The standard InChI is InChI=1S/C16H19N/c1-11-12(2)15(10-16(17)13(11)3)9-14-7-5-4-6-8-14/h4-8,10H,9,17H2,1-3H3. The zero-order chi connectivity index (χ0) is 12.4. The minimum absolute atomic E-state index is 0.902. The lowest BCUT2D eigenvalue weighted by molar-refractivity contribution is 1.12. The summed E-state index contributed by atoms with van der Waals surface area (Å²) in [5, 5.41) is 0. The van der Waals surface area contributed by atoms with Crippen molar-refractivity contribution in [3.05, 3.63) is 64.2 Å². The predicted molar refractivity (Wildman–Crippen MR) is 74.3 cm³/mol. The first-order valence-electron chi connectivity index (χ1n) is 5.98. The van der Waals surface area contributed by atoms with Gasteiger partial charge in [0.15, 0.2) is 0 Å². The molecule has 1 nitrogen and oxygen atoms in total. The molecule has 0 unspecified atom stereocenters. The Balaban J connectivity index is 2.41. The maximum absolute atomic E-state index is 6.04. The summed E-state index contributed by atoms with van der Waals surface area (Å²) in [5.41, 5.74) is 13.5. The van der Waals surface area contributed by atoms with Crippen LogP contribution in [-0.2, 0) is 6.42 Å². The Hall–Kier alpha value is -1.76. The highest BCUT2D eigenvalue weighted by Crippen LogP contribution is 2.25. The topological polar surface area (TPSA) is 26.0 Å². The van der Waals surface area contributed by atoms with Gasteiger partial charge in [-0.15, -0.1) is 0 Å². The Kier molecular flexibility index (Phi) is 3.19. The molecule has 1 heteroatoms. The van der Waals surface area contributed by atoms with Gasteiger partial charge in [0.25, 0.3) is 0 Å². The van der Waals surface area contributed by atoms with Crippen LogP contribution in [0.15, 0.2) is 36.4 Å². The van der Waals surface area contributed by atoms with Crippen molar-refractivity contribution in [1.29, 1.82) is 0 Å². The molecular weight excluding hydrogens is 206 g/mol. The molecule has 2 N–H and O–H groups in total. The Morgan fingerprint density at radius 2 is 1.53 bits per heavy atom. The summed E-state index contributed by atoms with van der Waals surface area (Å²) in [6.07, 6.45) is 0.956. The van der Waals surface area contributed by atoms with Crippen LogP contribution in [0.5, 0.6) is 0 Å². The highest BCUT2D eigenvalue weighted by molar-refractivity contribution is 5.56. The van der Waals surface area contributed by atoms with Crippen molar-refractivity contribution in [2.45, 2.75) is 27.2 Å². The Morgan fingerprint density at radius 1 is 0.882 bits per heavy atom. The minimum atomic E-state index is 0.902. The van der Waals surface area contributed by atoms with E-state index in [0.717, 1.165) is 12.1 Å². The second kappa shape index (κ2) is 4.62. The van der Waals surface area contributed by atoms with Gasteiger partial charge in [-0.05, 0) is 61.1 Å². The van der Waals surface area contributed by atoms with E-state index in [2.05, 4.69) is 51.1 Å². The van der Waals surface area contributed by atoms with Gasteiger partial charge in [-0.1, -0.05) is 30.3 Å². The van der Waals surface area contributed by atoms with E-state index in [1.807, 2.05) is 6.07 Å². The minimum Gasteiger partial charge on any atom is -0.398 e. The molecule has 0 bridgehead atoms. The highest BCUT2D eigenvalue weighted by Gasteiger charge is 2.07. The van der Waals surface area contributed by atoms with Crippen molar-refractivity contribution in [3.8, 4) is 0 Å². The second-order valence-corrected chi connectivity index (χ2v) is 4.66. The van der Waals surface area contributed by atoms with Gasteiger partial charge in [-0.25, -0.2) is 0 Å². The molecule has 0 fully saturated rings. The molecule has 0 saturated heterocycles. The van der Waals surface area contributed by atoms with E-state index >= 15 is 0 Å². The van der Waals surface area contributed by atoms with E-state index < -0.39 is 0 Å². The molecule has 0 aromatic heterocycles. The van der Waals surface area contributed by atoms with Gasteiger partial charge in [-0.2, -0.15) is 0 Å². The molecule has 2 rings (SSSR count). The van der Waals surface area contributed by atoms with E-state index in [9.17, 15) is 0 Å². The van der Waals surface area contributed by atoms with E-state index in [1.54, 1.807) is 0 Å². The molecule has 0 aliphatic rings. The van der Waals surface area contributed by atoms with Crippen LogP contribution < -0.4 is 5.73 Å². The lowest BCUT2D eigenvalue weighted by Crippen LogP contribution is -2.01. The molecule has 0 atom stereocenters. The summed E-state index contributed by atoms with van der Waals surface area (Å²) in [7, 11) is 0. The molecule has 2 aromatic carbocycles. The van der Waals surface area contributed by atoms with Gasteiger partial charge < -0.3 is 5.73 Å². The van der Waals surface area contributed by atoms with E-state index in [-0.39, 0.29) is 0 Å². The van der Waals surface area contributed by atoms with Gasteiger partial charge in [0.1, 0.15) is 0 Å². The number of rotatable bonds is 2. The summed E-state index contributed by atoms with van der Waals surface area (Å²) in [4.78, 5) is 0. The molecular formula is C16H19N. The van der Waals surface area contributed by atoms with Crippen LogP contribution in [0.1, 0.15) is 27.8 Å². The quantitative estimate of drug-likeness (QED) is 0.773. The zero-order valence-corrected chi connectivity index (χ0v) is 10.7. The molecule has 0 aliphatic carbocycles. The normalized spacial score (nSPS) is 10.5. The van der Waals surface area contributed by atoms with Crippen molar-refractivity contribution >= 4 is 5.69 Å². The third kappa shape index (κ3) is 2.33. The first-order chi connectivity index (χ1) is 8.09. The molecule has 0 aliphatic heterocycles. The summed E-state index contributed by atoms with van der Waals surface area (Å²) < 4.78 is 0. The third-order valence-corrected chi connectivity index (χ3v) is 3.61. The van der Waals surface area contributed by atoms with E-state index in [1.165, 1.54) is 27.8 Å². The number of nitrogen functional groups attached to an aromatic ring is 1. The Labute approximate surface area is 103 Å². The molecule has 0 radical (unpaired) electrons. The molecule has 0 spiro atoms. The van der Waals surface area contributed by atoms with Gasteiger partial charge >= 0.3 is 0 Å². The molecule has 17 heavy (non-hydrogen) atoms. The number of hydrogen-bond acceptors (Lipinski definition) is 1. The largest absolute Gasteiger partial charge is 0.398 e. The Bertz CT molecular complexity index is 527. The van der Waals surface area contributed by atoms with Crippen LogP contribution >= 0.6 is 0 Å². The van der Waals surface area contributed by atoms with E-state index in [0.29, 0.717) is 0 Å². The SMILES string of the molecule is Cc1c(N)cc(Cc2ccccc2)c(C)c1C. The number of benzene rings is 2. The van der Waals surface area contributed by atoms with Gasteiger partial charge in [0, 0.05) is 5.69 Å². The average molecular weight is 225 g/mol. The van der Waals surface area contributed by atoms with Crippen LogP contribution in [0.3, 0.4) is 0 Å².